The molecule has 152 valence electrons. The first-order valence-corrected chi connectivity index (χ1v) is 9.77. The normalized spacial score (nSPS) is 10.9. The second-order valence-electron chi connectivity index (χ2n) is 6.34. The van der Waals surface area contributed by atoms with Crippen molar-refractivity contribution in [3.05, 3.63) is 77.4 Å². The van der Waals surface area contributed by atoms with Crippen LogP contribution in [0.5, 0.6) is 0 Å². The number of carbonyl (C=O) groups is 1. The molecule has 1 N–H and O–H groups in total. The Morgan fingerprint density at radius 1 is 1.10 bits per heavy atom. The fraction of sp³-hybridized carbons (Fsp3) is 0.0952. The molecule has 5 nitrogen and oxygen atoms in total. The Morgan fingerprint density at radius 3 is 2.73 bits per heavy atom. The maximum atomic E-state index is 13.8. The monoisotopic (exact) mass is 429 g/mol. The average molecular weight is 429 g/mol. The molecule has 9 heteroatoms. The van der Waals surface area contributed by atoms with Crippen LogP contribution in [0.25, 0.3) is 22.6 Å². The first kappa shape index (κ1) is 19.8. The topological polar surface area (TPSA) is 68.0 Å². The maximum Gasteiger partial charge on any atom is 0.226 e. The fourth-order valence-electron chi connectivity index (χ4n) is 2.75. The van der Waals surface area contributed by atoms with Crippen molar-refractivity contribution in [2.75, 3.05) is 5.32 Å². The number of amides is 1. The third-order valence-electron chi connectivity index (χ3n) is 4.19. The Kier molecular flexibility index (Phi) is 5.62. The van der Waals surface area contributed by atoms with Gasteiger partial charge in [-0.2, -0.15) is 0 Å². The number of halogens is 3. The van der Waals surface area contributed by atoms with Crippen LogP contribution < -0.4 is 5.32 Å². The van der Waals surface area contributed by atoms with Crippen LogP contribution >= 0.6 is 11.3 Å². The van der Waals surface area contributed by atoms with Crippen LogP contribution in [0.2, 0.25) is 0 Å². The van der Waals surface area contributed by atoms with Crippen LogP contribution in [0, 0.1) is 17.5 Å². The Balaban J connectivity index is 1.35. The van der Waals surface area contributed by atoms with E-state index in [1.165, 1.54) is 35.7 Å². The van der Waals surface area contributed by atoms with Gasteiger partial charge in [0.1, 0.15) is 17.5 Å². The van der Waals surface area contributed by atoms with Crippen molar-refractivity contribution in [2.45, 2.75) is 12.8 Å². The molecule has 0 radical (unpaired) electrons. The van der Waals surface area contributed by atoms with E-state index in [-0.39, 0.29) is 41.8 Å². The summed E-state index contributed by atoms with van der Waals surface area (Å²) in [5.41, 5.74) is 1.27. The van der Waals surface area contributed by atoms with Crippen LogP contribution in [-0.4, -0.2) is 15.9 Å². The predicted octanol–water partition coefficient (Wildman–Crippen LogP) is 5.45. The first-order valence-electron chi connectivity index (χ1n) is 8.89. The smallest absolute Gasteiger partial charge is 0.226 e. The van der Waals surface area contributed by atoms with E-state index in [1.807, 2.05) is 0 Å². The van der Waals surface area contributed by atoms with E-state index in [4.69, 9.17) is 4.42 Å². The highest BCUT2D eigenvalue weighted by Crippen LogP contribution is 2.26. The lowest BCUT2D eigenvalue weighted by molar-refractivity contribution is -0.116. The summed E-state index contributed by atoms with van der Waals surface area (Å²) in [6.07, 6.45) is 1.59. The minimum atomic E-state index is -0.756. The summed E-state index contributed by atoms with van der Waals surface area (Å²) < 4.78 is 45.6. The molecule has 2 heterocycles. The van der Waals surface area contributed by atoms with E-state index < -0.39 is 11.6 Å². The van der Waals surface area contributed by atoms with Crippen LogP contribution in [0.1, 0.15) is 12.3 Å². The lowest BCUT2D eigenvalue weighted by atomic mass is 10.2. The fourth-order valence-corrected chi connectivity index (χ4v) is 3.49. The summed E-state index contributed by atoms with van der Waals surface area (Å²) in [6, 6.07) is 9.18. The molecular formula is C21H14F3N3O2S. The number of carbonyl (C=O) groups excluding carboxylic acids is 1. The molecule has 0 aliphatic heterocycles. The Bertz CT molecular complexity index is 1210. The summed E-state index contributed by atoms with van der Waals surface area (Å²) in [5.74, 6) is -1.70. The number of hydrogen-bond acceptors (Lipinski definition) is 5. The van der Waals surface area contributed by atoms with Crippen LogP contribution in [-0.2, 0) is 11.2 Å². The molecule has 0 fully saturated rings. The predicted molar refractivity (Wildman–Crippen MR) is 106 cm³/mol. The number of nitrogens with one attached hydrogen (secondary N) is 1. The molecule has 0 atom stereocenters. The van der Waals surface area contributed by atoms with E-state index in [0.29, 0.717) is 16.4 Å². The van der Waals surface area contributed by atoms with Gasteiger partial charge in [-0.25, -0.2) is 23.1 Å². The van der Waals surface area contributed by atoms with Gasteiger partial charge in [-0.1, -0.05) is 12.1 Å². The second-order valence-corrected chi connectivity index (χ2v) is 7.20. The summed E-state index contributed by atoms with van der Waals surface area (Å²) >= 11 is 1.23. The Labute approximate surface area is 173 Å². The van der Waals surface area contributed by atoms with Crippen molar-refractivity contribution in [1.82, 2.24) is 9.97 Å². The molecular weight excluding hydrogens is 415 g/mol. The van der Waals surface area contributed by atoms with Crippen molar-refractivity contribution in [3.63, 3.8) is 0 Å². The van der Waals surface area contributed by atoms with Gasteiger partial charge in [0.2, 0.25) is 5.91 Å². The highest BCUT2D eigenvalue weighted by Gasteiger charge is 2.14. The quantitative estimate of drug-likeness (QED) is 0.442. The number of oxazole rings is 1. The molecule has 1 amide bonds. The van der Waals surface area contributed by atoms with Crippen molar-refractivity contribution in [2.24, 2.45) is 0 Å². The van der Waals surface area contributed by atoms with Gasteiger partial charge in [-0.05, 0) is 24.3 Å². The van der Waals surface area contributed by atoms with E-state index in [1.54, 1.807) is 17.5 Å². The lowest BCUT2D eigenvalue weighted by Crippen LogP contribution is -2.12. The summed E-state index contributed by atoms with van der Waals surface area (Å²) in [7, 11) is 0. The molecule has 0 unspecified atom stereocenters. The Hall–Kier alpha value is -3.46. The van der Waals surface area contributed by atoms with Gasteiger partial charge in [-0.3, -0.25) is 4.79 Å². The molecule has 2 aromatic carbocycles. The number of rotatable bonds is 6. The van der Waals surface area contributed by atoms with E-state index in [0.717, 1.165) is 12.1 Å². The molecule has 0 saturated carbocycles. The molecule has 0 aliphatic carbocycles. The number of anilines is 1. The lowest BCUT2D eigenvalue weighted by Gasteiger charge is -2.01. The Morgan fingerprint density at radius 2 is 1.93 bits per heavy atom. The molecule has 0 aliphatic rings. The minimum Gasteiger partial charge on any atom is -0.441 e. The summed E-state index contributed by atoms with van der Waals surface area (Å²) in [6.45, 7) is 0. The molecule has 2 aromatic heterocycles. The summed E-state index contributed by atoms with van der Waals surface area (Å²) in [5, 5.41) is 4.79. The van der Waals surface area contributed by atoms with Gasteiger partial charge in [0.15, 0.2) is 16.8 Å². The second kappa shape index (κ2) is 8.50. The molecule has 30 heavy (non-hydrogen) atoms. The number of thiazole rings is 1. The molecule has 0 saturated heterocycles. The van der Waals surface area contributed by atoms with Crippen LogP contribution in [0.3, 0.4) is 0 Å². The van der Waals surface area contributed by atoms with E-state index >= 15 is 0 Å². The molecule has 4 rings (SSSR count). The molecule has 4 aromatic rings. The summed E-state index contributed by atoms with van der Waals surface area (Å²) in [4.78, 5) is 20.5. The van der Waals surface area contributed by atoms with Crippen molar-refractivity contribution in [3.8, 4) is 22.6 Å². The van der Waals surface area contributed by atoms with Gasteiger partial charge in [0, 0.05) is 29.9 Å². The van der Waals surface area contributed by atoms with E-state index in [2.05, 4.69) is 15.3 Å². The highest BCUT2D eigenvalue weighted by molar-refractivity contribution is 7.14. The van der Waals surface area contributed by atoms with Gasteiger partial charge < -0.3 is 9.73 Å². The van der Waals surface area contributed by atoms with Crippen molar-refractivity contribution in [1.29, 1.82) is 0 Å². The highest BCUT2D eigenvalue weighted by atomic mass is 32.1. The number of aromatic nitrogens is 2. The zero-order valence-corrected chi connectivity index (χ0v) is 16.2. The molecule has 0 spiro atoms. The average Bonchev–Trinajstić information content (AvgIpc) is 3.36. The standard InChI is InChI=1S/C21H14F3N3O2S/c22-13-3-1-2-12(8-13)17-11-30-21(26-17)27-19(28)6-7-20-25-10-18(29-20)15-5-4-14(23)9-16(15)24/h1-5,8-11H,6-7H2,(H,26,27,28). The van der Waals surface area contributed by atoms with Gasteiger partial charge in [0.25, 0.3) is 0 Å². The third-order valence-corrected chi connectivity index (χ3v) is 4.94. The maximum absolute atomic E-state index is 13.8. The largest absolute Gasteiger partial charge is 0.441 e. The zero-order chi connectivity index (χ0) is 21.1. The van der Waals surface area contributed by atoms with Crippen LogP contribution in [0.15, 0.2) is 58.5 Å². The van der Waals surface area contributed by atoms with E-state index in [9.17, 15) is 18.0 Å². The third kappa shape index (κ3) is 4.57. The van der Waals surface area contributed by atoms with Gasteiger partial charge in [-0.15, -0.1) is 11.3 Å². The van der Waals surface area contributed by atoms with Gasteiger partial charge in [0.05, 0.1) is 17.5 Å². The SMILES string of the molecule is O=C(CCc1ncc(-c2ccc(F)cc2F)o1)Nc1nc(-c2cccc(F)c2)cs1. The number of nitrogens with zero attached hydrogens (tertiary/aromatic N) is 2. The zero-order valence-electron chi connectivity index (χ0n) is 15.4. The molecule has 0 bridgehead atoms. The van der Waals surface area contributed by atoms with Crippen molar-refractivity contribution < 1.29 is 22.4 Å². The van der Waals surface area contributed by atoms with Crippen molar-refractivity contribution >= 4 is 22.4 Å². The van der Waals surface area contributed by atoms with Crippen LogP contribution in [0.4, 0.5) is 18.3 Å². The first-order chi connectivity index (χ1) is 14.5. The number of hydrogen-bond donors (Lipinski definition) is 1. The number of aryl methyl sites for hydroxylation is 1. The minimum absolute atomic E-state index is 0.0702. The van der Waals surface area contributed by atoms with Gasteiger partial charge >= 0.3 is 0 Å². The number of benzene rings is 2.